The maximum atomic E-state index is 12.4. The number of esters is 1. The predicted octanol–water partition coefficient (Wildman–Crippen LogP) is -4.95. The SMILES string of the molecule is CCOC(=O)C[C@@H]1C(=O)N2[C@@H](C(=O)[O-])C(C)(C)S(=O)(=O)[C@H]12.[Na+]. The van der Waals surface area contributed by atoms with E-state index in [0.717, 1.165) is 4.90 Å². The molecule has 0 saturated carbocycles. The van der Waals surface area contributed by atoms with Crippen molar-refractivity contribution < 1.29 is 62.2 Å². The van der Waals surface area contributed by atoms with Crippen molar-refractivity contribution in [3.8, 4) is 0 Å². The van der Waals surface area contributed by atoms with E-state index in [4.69, 9.17) is 4.74 Å². The zero-order valence-electron chi connectivity index (χ0n) is 12.9. The summed E-state index contributed by atoms with van der Waals surface area (Å²) in [6, 6.07) is -1.54. The van der Waals surface area contributed by atoms with Gasteiger partial charge >= 0.3 is 35.5 Å². The molecule has 2 fully saturated rings. The standard InChI is InChI=1S/C12H17NO7S.Na/c1-4-20-7(14)5-6-9(15)13-8(11(16)17)12(2,3)21(18,19)10(6)13;/h6,8,10H,4-5H2,1-3H3,(H,16,17);/q;+1/p-1/t6-,8+,10-;/m1./s1. The van der Waals surface area contributed by atoms with Gasteiger partial charge in [-0.15, -0.1) is 0 Å². The van der Waals surface area contributed by atoms with E-state index in [1.54, 1.807) is 6.92 Å². The second-order valence-electron chi connectivity index (χ2n) is 5.62. The third-order valence-electron chi connectivity index (χ3n) is 4.09. The first-order chi connectivity index (χ1) is 9.57. The molecule has 2 aliphatic rings. The fraction of sp³-hybridized carbons (Fsp3) is 0.750. The fourth-order valence-corrected chi connectivity index (χ4v) is 5.29. The van der Waals surface area contributed by atoms with E-state index in [1.807, 2.05) is 0 Å². The molecule has 0 radical (unpaired) electrons. The molecule has 0 aromatic carbocycles. The maximum absolute atomic E-state index is 12.4. The van der Waals surface area contributed by atoms with Crippen LogP contribution in [-0.2, 0) is 29.0 Å². The Bertz CT molecular complexity index is 615. The van der Waals surface area contributed by atoms with Crippen molar-refractivity contribution in [1.82, 2.24) is 4.90 Å². The molecule has 0 aromatic heterocycles. The minimum Gasteiger partial charge on any atom is -0.548 e. The number of fused-ring (bicyclic) bond motifs is 1. The van der Waals surface area contributed by atoms with Crippen molar-refractivity contribution in [2.45, 2.75) is 43.4 Å². The molecule has 0 spiro atoms. The summed E-state index contributed by atoms with van der Waals surface area (Å²) in [7, 11) is -3.93. The Morgan fingerprint density at radius 2 is 1.91 bits per heavy atom. The molecule has 10 heteroatoms. The maximum Gasteiger partial charge on any atom is 1.00 e. The molecule has 0 bridgehead atoms. The Labute approximate surface area is 150 Å². The van der Waals surface area contributed by atoms with Crippen LogP contribution in [0.1, 0.15) is 27.2 Å². The molecule has 0 N–H and O–H groups in total. The van der Waals surface area contributed by atoms with Gasteiger partial charge in [-0.25, -0.2) is 8.42 Å². The second kappa shape index (κ2) is 6.10. The first-order valence-electron chi connectivity index (χ1n) is 6.49. The number of carbonyl (C=O) groups excluding carboxylic acids is 3. The molecule has 2 heterocycles. The molecule has 118 valence electrons. The van der Waals surface area contributed by atoms with Crippen LogP contribution in [0.5, 0.6) is 0 Å². The molecular formula is C12H16NNaO7S. The van der Waals surface area contributed by atoms with Crippen LogP contribution in [-0.4, -0.2) is 53.9 Å². The van der Waals surface area contributed by atoms with Crippen LogP contribution < -0.4 is 34.7 Å². The van der Waals surface area contributed by atoms with E-state index >= 15 is 0 Å². The van der Waals surface area contributed by atoms with E-state index in [-0.39, 0.29) is 42.6 Å². The molecule has 1 amide bonds. The van der Waals surface area contributed by atoms with Gasteiger partial charge in [0.25, 0.3) is 0 Å². The molecule has 8 nitrogen and oxygen atoms in total. The molecular weight excluding hydrogens is 325 g/mol. The van der Waals surface area contributed by atoms with Crippen LogP contribution in [0.4, 0.5) is 0 Å². The average Bonchev–Trinajstić information content (AvgIpc) is 2.49. The minimum absolute atomic E-state index is 0. The van der Waals surface area contributed by atoms with Crippen molar-refractivity contribution in [2.24, 2.45) is 5.92 Å². The smallest absolute Gasteiger partial charge is 0.548 e. The molecule has 2 rings (SSSR count). The molecule has 0 aliphatic carbocycles. The molecule has 0 aromatic rings. The largest absolute Gasteiger partial charge is 1.00 e. The van der Waals surface area contributed by atoms with Crippen LogP contribution in [0.3, 0.4) is 0 Å². The van der Waals surface area contributed by atoms with Gasteiger partial charge in [0.15, 0.2) is 9.84 Å². The summed E-state index contributed by atoms with van der Waals surface area (Å²) in [4.78, 5) is 35.5. The summed E-state index contributed by atoms with van der Waals surface area (Å²) in [6.07, 6.45) is -0.372. The number of hydrogen-bond donors (Lipinski definition) is 0. The fourth-order valence-electron chi connectivity index (χ4n) is 2.98. The van der Waals surface area contributed by atoms with E-state index < -0.39 is 49.8 Å². The summed E-state index contributed by atoms with van der Waals surface area (Å²) >= 11 is 0. The normalized spacial score (nSPS) is 30.8. The monoisotopic (exact) mass is 341 g/mol. The van der Waals surface area contributed by atoms with Gasteiger partial charge in [-0.3, -0.25) is 9.59 Å². The number of hydrogen-bond acceptors (Lipinski definition) is 7. The van der Waals surface area contributed by atoms with Gasteiger partial charge < -0.3 is 19.5 Å². The number of rotatable bonds is 4. The average molecular weight is 341 g/mol. The zero-order valence-corrected chi connectivity index (χ0v) is 15.7. The zero-order chi connectivity index (χ0) is 16.2. The topological polar surface area (TPSA) is 121 Å². The molecule has 0 unspecified atom stereocenters. The number of carboxylic acid groups (broad SMARTS) is 1. The number of carboxylic acids is 1. The van der Waals surface area contributed by atoms with Crippen LogP contribution in [0.15, 0.2) is 0 Å². The first-order valence-corrected chi connectivity index (χ1v) is 8.04. The summed E-state index contributed by atoms with van der Waals surface area (Å²) < 4.78 is 27.9. The number of aliphatic carboxylic acids is 1. The predicted molar refractivity (Wildman–Crippen MR) is 67.2 cm³/mol. The Morgan fingerprint density at radius 1 is 1.36 bits per heavy atom. The molecule has 2 saturated heterocycles. The van der Waals surface area contributed by atoms with Gasteiger partial charge in [-0.2, -0.15) is 0 Å². The van der Waals surface area contributed by atoms with Crippen molar-refractivity contribution >= 4 is 27.7 Å². The van der Waals surface area contributed by atoms with Gasteiger partial charge in [0, 0.05) is 0 Å². The van der Waals surface area contributed by atoms with Gasteiger partial charge in [0.2, 0.25) is 5.91 Å². The number of nitrogens with zero attached hydrogens (tertiary/aromatic N) is 1. The number of carbonyl (C=O) groups is 3. The quantitative estimate of drug-likeness (QED) is 0.285. The van der Waals surface area contributed by atoms with Gasteiger partial charge in [0.1, 0.15) is 5.37 Å². The van der Waals surface area contributed by atoms with Crippen LogP contribution >= 0.6 is 0 Å². The van der Waals surface area contributed by atoms with E-state index in [0.29, 0.717) is 0 Å². The van der Waals surface area contributed by atoms with E-state index in [1.165, 1.54) is 13.8 Å². The summed E-state index contributed by atoms with van der Waals surface area (Å²) in [5, 5.41) is 9.91. The Kier molecular flexibility index (Phi) is 5.38. The van der Waals surface area contributed by atoms with Crippen molar-refractivity contribution in [3.63, 3.8) is 0 Å². The van der Waals surface area contributed by atoms with Crippen LogP contribution in [0.2, 0.25) is 0 Å². The minimum atomic E-state index is -3.93. The third kappa shape index (κ3) is 2.47. The summed E-state index contributed by atoms with van der Waals surface area (Å²) in [5.74, 6) is -4.05. The first kappa shape index (κ1) is 19.4. The van der Waals surface area contributed by atoms with Gasteiger partial charge in [-0.05, 0) is 20.8 Å². The van der Waals surface area contributed by atoms with E-state index in [9.17, 15) is 27.9 Å². The molecule has 2 aliphatic heterocycles. The second-order valence-corrected chi connectivity index (χ2v) is 8.25. The van der Waals surface area contributed by atoms with Crippen LogP contribution in [0.25, 0.3) is 0 Å². The number of sulfone groups is 1. The Hall–Kier alpha value is -0.640. The van der Waals surface area contributed by atoms with E-state index in [2.05, 4.69) is 0 Å². The Morgan fingerprint density at radius 3 is 2.36 bits per heavy atom. The third-order valence-corrected chi connectivity index (χ3v) is 6.97. The van der Waals surface area contributed by atoms with Gasteiger partial charge in [0.05, 0.1) is 35.7 Å². The van der Waals surface area contributed by atoms with Crippen molar-refractivity contribution in [3.05, 3.63) is 0 Å². The summed E-state index contributed by atoms with van der Waals surface area (Å²) in [6.45, 7) is 4.20. The number of ether oxygens (including phenoxy) is 1. The molecule has 22 heavy (non-hydrogen) atoms. The van der Waals surface area contributed by atoms with Crippen molar-refractivity contribution in [2.75, 3.05) is 6.61 Å². The summed E-state index contributed by atoms with van der Waals surface area (Å²) in [5.41, 5.74) is 0. The van der Waals surface area contributed by atoms with Gasteiger partial charge in [-0.1, -0.05) is 0 Å². The number of β-lactam (4-membered cyclic amide) rings is 1. The molecule has 3 atom stereocenters. The van der Waals surface area contributed by atoms with Crippen molar-refractivity contribution in [1.29, 1.82) is 0 Å². The van der Waals surface area contributed by atoms with Crippen LogP contribution in [0, 0.1) is 5.92 Å². The number of amides is 1. The Balaban J connectivity index is 0.00000242.